The van der Waals surface area contributed by atoms with Gasteiger partial charge in [0, 0.05) is 24.1 Å². The number of rotatable bonds is 5. The molecule has 154 valence electrons. The van der Waals surface area contributed by atoms with Crippen molar-refractivity contribution in [2.75, 3.05) is 7.11 Å². The van der Waals surface area contributed by atoms with Crippen LogP contribution in [-0.4, -0.2) is 34.9 Å². The summed E-state index contributed by atoms with van der Waals surface area (Å²) in [4.78, 5) is 27.5. The van der Waals surface area contributed by atoms with E-state index in [1.54, 1.807) is 18.2 Å². The highest BCUT2D eigenvalue weighted by molar-refractivity contribution is 6.13. The van der Waals surface area contributed by atoms with Gasteiger partial charge < -0.3 is 15.6 Å². The molecular formula is C21H19FN4O4. The van der Waals surface area contributed by atoms with Crippen molar-refractivity contribution in [3.8, 4) is 5.75 Å². The fourth-order valence-electron chi connectivity index (χ4n) is 2.93. The molecule has 0 aliphatic heterocycles. The molecule has 8 nitrogen and oxygen atoms in total. The van der Waals surface area contributed by atoms with E-state index in [1.165, 1.54) is 38.4 Å². The predicted molar refractivity (Wildman–Crippen MR) is 108 cm³/mol. The van der Waals surface area contributed by atoms with E-state index in [9.17, 15) is 19.1 Å². The van der Waals surface area contributed by atoms with Crippen molar-refractivity contribution in [2.45, 2.75) is 13.3 Å². The van der Waals surface area contributed by atoms with Crippen LogP contribution in [0, 0.1) is 5.82 Å². The topological polar surface area (TPSA) is 127 Å². The SMILES string of the molecule is COC(=O)c1cc(C(N)=NNC(C)=O)c2cc(Cc3ccc(F)cc3)cnc2c1O. The van der Waals surface area contributed by atoms with Crippen LogP contribution in [0.15, 0.2) is 47.7 Å². The number of nitrogens with two attached hydrogens (primary N) is 1. The number of amides is 1. The third-order valence-corrected chi connectivity index (χ3v) is 4.34. The van der Waals surface area contributed by atoms with Gasteiger partial charge >= 0.3 is 5.97 Å². The summed E-state index contributed by atoms with van der Waals surface area (Å²) in [6, 6.07) is 9.10. The number of halogens is 1. The zero-order chi connectivity index (χ0) is 21.8. The first-order chi connectivity index (χ1) is 14.3. The number of pyridine rings is 1. The molecule has 9 heteroatoms. The summed E-state index contributed by atoms with van der Waals surface area (Å²) in [5, 5.41) is 14.8. The molecule has 0 saturated carbocycles. The van der Waals surface area contributed by atoms with E-state index in [2.05, 4.69) is 15.5 Å². The number of ether oxygens (including phenoxy) is 1. The number of nitrogens with zero attached hydrogens (tertiary/aromatic N) is 2. The number of nitrogens with one attached hydrogen (secondary N) is 1. The van der Waals surface area contributed by atoms with Gasteiger partial charge in [-0.1, -0.05) is 12.1 Å². The number of aromatic nitrogens is 1. The zero-order valence-electron chi connectivity index (χ0n) is 16.3. The lowest BCUT2D eigenvalue weighted by atomic mass is 9.98. The zero-order valence-corrected chi connectivity index (χ0v) is 16.3. The van der Waals surface area contributed by atoms with E-state index in [0.717, 1.165) is 11.1 Å². The maximum absolute atomic E-state index is 13.1. The van der Waals surface area contributed by atoms with Crippen molar-refractivity contribution < 1.29 is 23.8 Å². The van der Waals surface area contributed by atoms with Crippen LogP contribution in [0.2, 0.25) is 0 Å². The smallest absolute Gasteiger partial charge is 0.341 e. The summed E-state index contributed by atoms with van der Waals surface area (Å²) >= 11 is 0. The van der Waals surface area contributed by atoms with Crippen molar-refractivity contribution in [3.05, 3.63) is 70.7 Å². The molecule has 0 unspecified atom stereocenters. The molecule has 0 aliphatic carbocycles. The molecule has 1 heterocycles. The van der Waals surface area contributed by atoms with Crippen LogP contribution < -0.4 is 11.2 Å². The average molecular weight is 410 g/mol. The van der Waals surface area contributed by atoms with Crippen LogP contribution in [0.3, 0.4) is 0 Å². The number of hydrogen-bond acceptors (Lipinski definition) is 6. The number of amidine groups is 1. The van der Waals surface area contributed by atoms with Crippen molar-refractivity contribution in [3.63, 3.8) is 0 Å². The van der Waals surface area contributed by atoms with Crippen LogP contribution in [0.5, 0.6) is 5.75 Å². The monoisotopic (exact) mass is 410 g/mol. The Kier molecular flexibility index (Phi) is 5.91. The molecule has 0 saturated heterocycles. The predicted octanol–water partition coefficient (Wildman–Crippen LogP) is 2.21. The number of methoxy groups -OCH3 is 1. The molecule has 30 heavy (non-hydrogen) atoms. The van der Waals surface area contributed by atoms with Crippen LogP contribution in [0.1, 0.15) is 34.0 Å². The fourth-order valence-corrected chi connectivity index (χ4v) is 2.93. The van der Waals surface area contributed by atoms with Crippen molar-refractivity contribution in [1.29, 1.82) is 0 Å². The molecule has 3 rings (SSSR count). The van der Waals surface area contributed by atoms with Gasteiger partial charge in [0.2, 0.25) is 5.91 Å². The van der Waals surface area contributed by atoms with E-state index in [4.69, 9.17) is 10.5 Å². The molecule has 0 aliphatic rings. The largest absolute Gasteiger partial charge is 0.505 e. The highest BCUT2D eigenvalue weighted by Gasteiger charge is 2.20. The maximum Gasteiger partial charge on any atom is 0.341 e. The van der Waals surface area contributed by atoms with Crippen LogP contribution in [0.4, 0.5) is 4.39 Å². The number of phenols is 1. The molecule has 0 bridgehead atoms. The molecule has 4 N–H and O–H groups in total. The lowest BCUT2D eigenvalue weighted by molar-refractivity contribution is -0.118. The number of phenolic OH excluding ortho intramolecular Hbond substituents is 1. The Labute approximate surface area is 171 Å². The molecule has 0 fully saturated rings. The second-order valence-electron chi connectivity index (χ2n) is 6.52. The van der Waals surface area contributed by atoms with Gasteiger partial charge in [0.15, 0.2) is 11.6 Å². The van der Waals surface area contributed by atoms with Crippen LogP contribution in [-0.2, 0) is 16.0 Å². The summed E-state index contributed by atoms with van der Waals surface area (Å²) in [7, 11) is 1.18. The van der Waals surface area contributed by atoms with Crippen molar-refractivity contribution in [1.82, 2.24) is 10.4 Å². The number of esters is 1. The van der Waals surface area contributed by atoms with Crippen LogP contribution in [0.25, 0.3) is 10.9 Å². The van der Waals surface area contributed by atoms with Gasteiger partial charge in [0.25, 0.3) is 0 Å². The number of aromatic hydroxyl groups is 1. The Morgan fingerprint density at radius 2 is 1.90 bits per heavy atom. The van der Waals surface area contributed by atoms with Gasteiger partial charge in [-0.2, -0.15) is 5.10 Å². The quantitative estimate of drug-likeness (QED) is 0.256. The Hall–Kier alpha value is -4.01. The lowest BCUT2D eigenvalue weighted by Gasteiger charge is -2.13. The van der Waals surface area contributed by atoms with E-state index < -0.39 is 11.9 Å². The molecule has 2 aromatic carbocycles. The van der Waals surface area contributed by atoms with Gasteiger partial charge in [-0.05, 0) is 41.8 Å². The number of carbonyl (C=O) groups excluding carboxylic acids is 2. The standard InChI is InChI=1S/C21H19FN4O4/c1-11(27)25-26-20(23)16-9-17(21(29)30-2)19(28)18-15(16)8-13(10-24-18)7-12-3-5-14(22)6-4-12/h3-6,8-10,28H,7H2,1-2H3,(H2,23,26)(H,25,27). The Morgan fingerprint density at radius 3 is 2.53 bits per heavy atom. The minimum atomic E-state index is -0.778. The molecular weight excluding hydrogens is 391 g/mol. The normalized spacial score (nSPS) is 11.4. The molecule has 0 radical (unpaired) electrons. The summed E-state index contributed by atoms with van der Waals surface area (Å²) in [6.45, 7) is 1.27. The average Bonchev–Trinajstić information content (AvgIpc) is 2.73. The fraction of sp³-hybridized carbons (Fsp3) is 0.143. The van der Waals surface area contributed by atoms with E-state index in [-0.39, 0.29) is 34.0 Å². The van der Waals surface area contributed by atoms with Gasteiger partial charge in [-0.25, -0.2) is 14.6 Å². The number of hydrogen-bond donors (Lipinski definition) is 3. The first kappa shape index (κ1) is 20.7. The Bertz CT molecular complexity index is 1160. The third-order valence-electron chi connectivity index (χ3n) is 4.34. The minimum absolute atomic E-state index is 0.0823. The van der Waals surface area contributed by atoms with E-state index >= 15 is 0 Å². The van der Waals surface area contributed by atoms with Crippen LogP contribution >= 0.6 is 0 Å². The van der Waals surface area contributed by atoms with E-state index in [0.29, 0.717) is 11.8 Å². The molecule has 3 aromatic rings. The number of benzene rings is 2. The third kappa shape index (κ3) is 4.35. The molecule has 1 aromatic heterocycles. The Balaban J connectivity index is 2.16. The first-order valence-corrected chi connectivity index (χ1v) is 8.87. The molecule has 0 atom stereocenters. The maximum atomic E-state index is 13.1. The van der Waals surface area contributed by atoms with Gasteiger partial charge in [-0.15, -0.1) is 0 Å². The van der Waals surface area contributed by atoms with Gasteiger partial charge in [-0.3, -0.25) is 9.78 Å². The summed E-state index contributed by atoms with van der Waals surface area (Å²) < 4.78 is 17.9. The highest BCUT2D eigenvalue weighted by Crippen LogP contribution is 2.32. The lowest BCUT2D eigenvalue weighted by Crippen LogP contribution is -2.22. The molecule has 0 spiro atoms. The second kappa shape index (κ2) is 8.56. The van der Waals surface area contributed by atoms with Crippen molar-refractivity contribution in [2.24, 2.45) is 10.8 Å². The number of hydrazone groups is 1. The summed E-state index contributed by atoms with van der Waals surface area (Å²) in [5.74, 6) is -1.98. The second-order valence-corrected chi connectivity index (χ2v) is 6.52. The Morgan fingerprint density at radius 1 is 1.20 bits per heavy atom. The van der Waals surface area contributed by atoms with Gasteiger partial charge in [0.05, 0.1) is 7.11 Å². The molecule has 1 amide bonds. The summed E-state index contributed by atoms with van der Waals surface area (Å²) in [6.07, 6.45) is 1.99. The van der Waals surface area contributed by atoms with E-state index in [1.807, 2.05) is 0 Å². The minimum Gasteiger partial charge on any atom is -0.505 e. The first-order valence-electron chi connectivity index (χ1n) is 8.87. The number of carbonyl (C=O) groups is 2. The highest BCUT2D eigenvalue weighted by atomic mass is 19.1. The number of fused-ring (bicyclic) bond motifs is 1. The summed E-state index contributed by atoms with van der Waals surface area (Å²) in [5.41, 5.74) is 10.1. The van der Waals surface area contributed by atoms with Crippen molar-refractivity contribution >= 4 is 28.6 Å². The van der Waals surface area contributed by atoms with Gasteiger partial charge in [0.1, 0.15) is 16.9 Å².